The summed E-state index contributed by atoms with van der Waals surface area (Å²) in [6, 6.07) is 0. The van der Waals surface area contributed by atoms with Crippen molar-refractivity contribution in [3.8, 4) is 0 Å². The van der Waals surface area contributed by atoms with Gasteiger partial charge in [-0.1, -0.05) is 58.3 Å². The first-order valence-corrected chi connectivity index (χ1v) is 9.64. The van der Waals surface area contributed by atoms with Crippen LogP contribution < -0.4 is 5.73 Å². The number of nitrogens with two attached hydrogens (primary N) is 1. The molecule has 0 aromatic rings. The number of unbranched alkanes of at least 4 members (excludes halogenated alkanes) is 9. The molecule has 0 saturated heterocycles. The maximum atomic E-state index is 13.2. The summed E-state index contributed by atoms with van der Waals surface area (Å²) in [6.45, 7) is 4.07. The summed E-state index contributed by atoms with van der Waals surface area (Å²) in [4.78, 5) is 3.75. The first kappa shape index (κ1) is 21.4. The average molecular weight is 350 g/mol. The molecule has 1 unspecified atom stereocenters. The molecule has 0 aromatic carbocycles. The first-order valence-electron chi connectivity index (χ1n) is 9.64. The summed E-state index contributed by atoms with van der Waals surface area (Å²) in [7, 11) is 0. The van der Waals surface area contributed by atoms with Crippen molar-refractivity contribution in [2.24, 2.45) is 10.7 Å². The number of hydrogen-bond donors (Lipinski definition) is 1. The molecule has 1 rings (SSSR count). The number of nitrogens with zero attached hydrogens (tertiary/aromatic N) is 2. The average Bonchev–Trinajstić information content (AvgIpc) is 2.94. The second-order valence-electron chi connectivity index (χ2n) is 6.99. The molecule has 142 valence electrons. The molecule has 0 radical (unpaired) electrons. The minimum absolute atomic E-state index is 0.0585. The molecule has 0 aliphatic carbocycles. The third-order valence-corrected chi connectivity index (χ3v) is 4.99. The Morgan fingerprint density at radius 1 is 0.917 bits per heavy atom. The standard InChI is InChI=1S/C18H35F3N3/c1-2-3-4-5-6-7-8-9-10-11-14-24(15-12-22)16-13-23-17(24)18(19,20)21/h2-16,22H2,1H3/q+1. The van der Waals surface area contributed by atoms with Crippen molar-refractivity contribution in [1.82, 2.24) is 0 Å². The van der Waals surface area contributed by atoms with Crippen LogP contribution in [0.2, 0.25) is 0 Å². The Kier molecular flexibility index (Phi) is 9.89. The third-order valence-electron chi connectivity index (χ3n) is 4.99. The quantitative estimate of drug-likeness (QED) is 0.381. The van der Waals surface area contributed by atoms with Gasteiger partial charge in [0.15, 0.2) is 0 Å². The maximum Gasteiger partial charge on any atom is 0.486 e. The number of rotatable bonds is 13. The van der Waals surface area contributed by atoms with E-state index in [1.54, 1.807) is 0 Å². The Morgan fingerprint density at radius 2 is 1.46 bits per heavy atom. The van der Waals surface area contributed by atoms with E-state index in [-0.39, 0.29) is 17.6 Å². The Hall–Kier alpha value is -0.620. The van der Waals surface area contributed by atoms with E-state index in [0.29, 0.717) is 19.6 Å². The van der Waals surface area contributed by atoms with Crippen LogP contribution in [0.25, 0.3) is 0 Å². The number of quaternary nitrogens is 1. The van der Waals surface area contributed by atoms with Gasteiger partial charge in [0.1, 0.15) is 6.54 Å². The van der Waals surface area contributed by atoms with E-state index in [2.05, 4.69) is 11.9 Å². The lowest BCUT2D eigenvalue weighted by Gasteiger charge is -2.34. The zero-order chi connectivity index (χ0) is 17.9. The monoisotopic (exact) mass is 350 g/mol. The largest absolute Gasteiger partial charge is 0.486 e. The van der Waals surface area contributed by atoms with E-state index in [9.17, 15) is 13.2 Å². The zero-order valence-electron chi connectivity index (χ0n) is 15.2. The van der Waals surface area contributed by atoms with Crippen LogP contribution in [-0.4, -0.2) is 49.2 Å². The molecule has 6 heteroatoms. The Labute approximate surface area is 145 Å². The van der Waals surface area contributed by atoms with E-state index in [1.165, 1.54) is 44.9 Å². The SMILES string of the molecule is CCCCCCCCCCCC[N+]1(CCN)CCN=C1C(F)(F)F. The van der Waals surface area contributed by atoms with Gasteiger partial charge in [0.05, 0.1) is 19.6 Å². The molecular formula is C18H35F3N3+. The van der Waals surface area contributed by atoms with Crippen molar-refractivity contribution in [1.29, 1.82) is 0 Å². The summed E-state index contributed by atoms with van der Waals surface area (Å²) < 4.78 is 39.5. The number of amidine groups is 1. The van der Waals surface area contributed by atoms with Gasteiger partial charge in [0.25, 0.3) is 0 Å². The minimum atomic E-state index is -4.33. The molecule has 1 heterocycles. The van der Waals surface area contributed by atoms with Crippen LogP contribution >= 0.6 is 0 Å². The molecule has 3 nitrogen and oxygen atoms in total. The summed E-state index contributed by atoms with van der Waals surface area (Å²) in [5, 5.41) is 0. The molecule has 0 saturated carbocycles. The lowest BCUT2D eigenvalue weighted by Crippen LogP contribution is -2.58. The van der Waals surface area contributed by atoms with Gasteiger partial charge in [-0.15, -0.1) is 0 Å². The zero-order valence-corrected chi connectivity index (χ0v) is 15.2. The van der Waals surface area contributed by atoms with Crippen molar-refractivity contribution in [2.75, 3.05) is 32.7 Å². The van der Waals surface area contributed by atoms with Gasteiger partial charge in [-0.05, 0) is 12.8 Å². The molecule has 1 atom stereocenters. The van der Waals surface area contributed by atoms with Crippen LogP contribution in [0.1, 0.15) is 71.1 Å². The minimum Gasteiger partial charge on any atom is -0.326 e. The lowest BCUT2D eigenvalue weighted by molar-refractivity contribution is -0.839. The fourth-order valence-corrected chi connectivity index (χ4v) is 3.66. The van der Waals surface area contributed by atoms with Gasteiger partial charge < -0.3 is 5.73 Å². The number of aliphatic imine (C=N–C) groups is 1. The molecule has 1 aliphatic rings. The van der Waals surface area contributed by atoms with E-state index in [4.69, 9.17) is 5.73 Å². The maximum absolute atomic E-state index is 13.2. The van der Waals surface area contributed by atoms with Crippen molar-refractivity contribution in [3.63, 3.8) is 0 Å². The predicted octanol–water partition coefficient (Wildman–Crippen LogP) is 4.66. The van der Waals surface area contributed by atoms with Crippen LogP contribution in [0.3, 0.4) is 0 Å². The predicted molar refractivity (Wildman–Crippen MR) is 94.1 cm³/mol. The van der Waals surface area contributed by atoms with Crippen LogP contribution in [0, 0.1) is 0 Å². The fraction of sp³-hybridized carbons (Fsp3) is 0.944. The number of alkyl halides is 3. The fourth-order valence-electron chi connectivity index (χ4n) is 3.66. The Bertz CT molecular complexity index is 369. The molecule has 0 bridgehead atoms. The van der Waals surface area contributed by atoms with Crippen molar-refractivity contribution in [3.05, 3.63) is 0 Å². The highest BCUT2D eigenvalue weighted by Gasteiger charge is 2.53. The topological polar surface area (TPSA) is 38.4 Å². The van der Waals surface area contributed by atoms with Gasteiger partial charge in [-0.3, -0.25) is 4.48 Å². The molecule has 0 amide bonds. The summed E-state index contributed by atoms with van der Waals surface area (Å²) in [6.07, 6.45) is 7.60. The van der Waals surface area contributed by atoms with Crippen molar-refractivity contribution < 1.29 is 17.7 Å². The number of hydrogen-bond acceptors (Lipinski definition) is 2. The summed E-state index contributed by atoms with van der Waals surface area (Å²) >= 11 is 0. The highest BCUT2D eigenvalue weighted by Crippen LogP contribution is 2.29. The Morgan fingerprint density at radius 3 is 1.96 bits per heavy atom. The van der Waals surface area contributed by atoms with Gasteiger partial charge in [0, 0.05) is 6.54 Å². The molecule has 0 aromatic heterocycles. The van der Waals surface area contributed by atoms with Crippen molar-refractivity contribution >= 4 is 5.84 Å². The van der Waals surface area contributed by atoms with Crippen LogP contribution in [0.5, 0.6) is 0 Å². The van der Waals surface area contributed by atoms with Crippen LogP contribution in [0.4, 0.5) is 13.2 Å². The third kappa shape index (κ3) is 7.09. The second-order valence-corrected chi connectivity index (χ2v) is 6.99. The second kappa shape index (κ2) is 11.1. The molecular weight excluding hydrogens is 315 g/mol. The normalized spacial score (nSPS) is 21.3. The van der Waals surface area contributed by atoms with Gasteiger partial charge in [0.2, 0.25) is 0 Å². The molecule has 0 fully saturated rings. The summed E-state index contributed by atoms with van der Waals surface area (Å²) in [5.41, 5.74) is 5.58. The molecule has 24 heavy (non-hydrogen) atoms. The van der Waals surface area contributed by atoms with E-state index in [1.807, 2.05) is 0 Å². The highest BCUT2D eigenvalue weighted by molar-refractivity contribution is 5.82. The Balaban J connectivity index is 2.25. The van der Waals surface area contributed by atoms with Gasteiger partial charge in [-0.2, -0.15) is 13.2 Å². The number of halogens is 3. The first-order chi connectivity index (χ1) is 11.5. The van der Waals surface area contributed by atoms with Crippen LogP contribution in [0.15, 0.2) is 4.99 Å². The molecule has 0 spiro atoms. The lowest BCUT2D eigenvalue weighted by atomic mass is 10.1. The highest BCUT2D eigenvalue weighted by atomic mass is 19.4. The van der Waals surface area contributed by atoms with Gasteiger partial charge in [-0.25, -0.2) is 4.99 Å². The van der Waals surface area contributed by atoms with E-state index < -0.39 is 12.0 Å². The van der Waals surface area contributed by atoms with Gasteiger partial charge >= 0.3 is 12.0 Å². The van der Waals surface area contributed by atoms with Crippen molar-refractivity contribution in [2.45, 2.75) is 77.3 Å². The summed E-state index contributed by atoms with van der Waals surface area (Å²) in [5.74, 6) is -0.608. The molecule has 2 N–H and O–H groups in total. The van der Waals surface area contributed by atoms with E-state index in [0.717, 1.165) is 19.3 Å². The van der Waals surface area contributed by atoms with Crippen LogP contribution in [-0.2, 0) is 0 Å². The smallest absolute Gasteiger partial charge is 0.326 e. The van der Waals surface area contributed by atoms with E-state index >= 15 is 0 Å². The molecule has 1 aliphatic heterocycles.